The third-order valence-corrected chi connectivity index (χ3v) is 11.9. The molecule has 2 N–H and O–H groups in total. The first-order valence-corrected chi connectivity index (χ1v) is 18.0. The summed E-state index contributed by atoms with van der Waals surface area (Å²) in [6.45, 7) is 0. The highest BCUT2D eigenvalue weighted by molar-refractivity contribution is 9.10. The van der Waals surface area contributed by atoms with Crippen LogP contribution in [0.3, 0.4) is 0 Å². The molecule has 4 aliphatic rings. The molecule has 2 saturated heterocycles. The zero-order chi connectivity index (χ0) is 37.6. The standard InChI is InChI=1S/C38H26BrCl2F3N4O5/c39-21-5-9-23(10-6-21)47-33(50)26-14-13-25-27(30(26)35(47)52)16-28-34(51)48(46-32-29(41)15-20(17-45-32)38(42,43)44)36(53)37(28,19-3-7-22(40)8-4-19)31(25)18-1-11-24(49)12-2-18/h1-13,15,17,26-28,30-31,49H,14,16H2,(H,45,46). The number of aromatic hydroxyl groups is 1. The topological polar surface area (TPSA) is 120 Å². The number of hydrogen-bond acceptors (Lipinski definition) is 7. The summed E-state index contributed by atoms with van der Waals surface area (Å²) in [6.07, 6.45) is -2.14. The normalized spacial score (nSPS) is 26.7. The summed E-state index contributed by atoms with van der Waals surface area (Å²) in [5, 5.41) is 10.9. The fourth-order valence-electron chi connectivity index (χ4n) is 8.67. The van der Waals surface area contributed by atoms with E-state index in [1.165, 1.54) is 17.0 Å². The second-order valence-electron chi connectivity index (χ2n) is 13.5. The molecule has 3 aromatic carbocycles. The molecule has 0 radical (unpaired) electrons. The number of alkyl halides is 3. The van der Waals surface area contributed by atoms with E-state index in [1.807, 2.05) is 6.08 Å². The summed E-state index contributed by atoms with van der Waals surface area (Å²) in [5.74, 6) is -6.96. The Kier molecular flexibility index (Phi) is 8.47. The van der Waals surface area contributed by atoms with Gasteiger partial charge in [-0.15, -0.1) is 0 Å². The summed E-state index contributed by atoms with van der Waals surface area (Å²) < 4.78 is 41.1. The number of carbonyl (C=O) groups excluding carboxylic acids is 4. The number of imide groups is 2. The van der Waals surface area contributed by atoms with E-state index in [1.54, 1.807) is 60.7 Å². The van der Waals surface area contributed by atoms with Crippen molar-refractivity contribution in [2.75, 3.05) is 10.3 Å². The highest BCUT2D eigenvalue weighted by Crippen LogP contribution is 2.64. The van der Waals surface area contributed by atoms with Gasteiger partial charge >= 0.3 is 6.18 Å². The van der Waals surface area contributed by atoms with E-state index in [-0.39, 0.29) is 30.3 Å². The van der Waals surface area contributed by atoms with E-state index in [0.717, 1.165) is 9.48 Å². The molecule has 4 amide bonds. The predicted molar refractivity (Wildman–Crippen MR) is 192 cm³/mol. The number of benzene rings is 3. The van der Waals surface area contributed by atoms with Crippen molar-refractivity contribution < 1.29 is 37.5 Å². The van der Waals surface area contributed by atoms with Gasteiger partial charge in [-0.05, 0) is 84.5 Å². The van der Waals surface area contributed by atoms with Crippen LogP contribution in [0.1, 0.15) is 35.4 Å². The first-order chi connectivity index (χ1) is 25.2. The molecule has 1 saturated carbocycles. The third-order valence-electron chi connectivity index (χ3n) is 10.9. The Morgan fingerprint density at radius 2 is 1.57 bits per heavy atom. The molecule has 6 unspecified atom stereocenters. The van der Waals surface area contributed by atoms with Crippen LogP contribution in [0.25, 0.3) is 0 Å². The maximum Gasteiger partial charge on any atom is 0.417 e. The monoisotopic (exact) mass is 824 g/mol. The number of amides is 4. The number of hydrazine groups is 1. The van der Waals surface area contributed by atoms with E-state index >= 15 is 4.79 Å². The number of fused-ring (bicyclic) bond motifs is 4. The quantitative estimate of drug-likeness (QED) is 0.154. The van der Waals surface area contributed by atoms with Crippen LogP contribution in [-0.2, 0) is 30.8 Å². The number of phenols is 1. The number of nitrogens with one attached hydrogen (secondary N) is 1. The second-order valence-corrected chi connectivity index (χ2v) is 15.3. The van der Waals surface area contributed by atoms with Crippen LogP contribution in [0.5, 0.6) is 5.75 Å². The van der Waals surface area contributed by atoms with Crippen molar-refractivity contribution in [1.29, 1.82) is 0 Å². The number of pyridine rings is 1. The van der Waals surface area contributed by atoms with E-state index in [0.29, 0.717) is 39.7 Å². The van der Waals surface area contributed by atoms with Crippen molar-refractivity contribution in [3.63, 3.8) is 0 Å². The number of rotatable bonds is 5. The molecule has 0 spiro atoms. The van der Waals surface area contributed by atoms with Crippen molar-refractivity contribution in [2.45, 2.75) is 30.4 Å². The molecule has 3 fully saturated rings. The van der Waals surface area contributed by atoms with Gasteiger partial charge in [0.1, 0.15) is 5.75 Å². The summed E-state index contributed by atoms with van der Waals surface area (Å²) in [6, 6.07) is 20.1. The molecule has 53 heavy (non-hydrogen) atoms. The SMILES string of the molecule is O=C1C2CC3C(=CCC4C(=O)N(c5ccc(Br)cc5)C(=O)C43)C(c3ccc(O)cc3)C2(c2ccc(Cl)cc2)C(=O)N1Nc1ncc(C(F)(F)F)cc1Cl. The lowest BCUT2D eigenvalue weighted by atomic mass is 9.49. The van der Waals surface area contributed by atoms with E-state index < -0.39 is 69.5 Å². The molecule has 9 nitrogen and oxygen atoms in total. The van der Waals surface area contributed by atoms with Crippen molar-refractivity contribution in [2.24, 2.45) is 23.7 Å². The van der Waals surface area contributed by atoms with Gasteiger partial charge in [0, 0.05) is 21.6 Å². The Labute approximate surface area is 318 Å². The Bertz CT molecular complexity index is 2240. The highest BCUT2D eigenvalue weighted by atomic mass is 79.9. The largest absolute Gasteiger partial charge is 0.508 e. The van der Waals surface area contributed by atoms with Crippen molar-refractivity contribution in [3.8, 4) is 5.75 Å². The average Bonchev–Trinajstić information content (AvgIpc) is 3.50. The van der Waals surface area contributed by atoms with Crippen molar-refractivity contribution >= 4 is 74.3 Å². The minimum atomic E-state index is -4.74. The maximum absolute atomic E-state index is 15.2. The van der Waals surface area contributed by atoms with Crippen LogP contribution in [0.15, 0.2) is 101 Å². The number of carbonyl (C=O) groups is 4. The number of anilines is 2. The molecule has 3 heterocycles. The first-order valence-electron chi connectivity index (χ1n) is 16.5. The predicted octanol–water partition coefficient (Wildman–Crippen LogP) is 8.06. The maximum atomic E-state index is 15.2. The van der Waals surface area contributed by atoms with Gasteiger partial charge in [-0.1, -0.05) is 75.0 Å². The molecule has 270 valence electrons. The molecule has 6 atom stereocenters. The average molecular weight is 826 g/mol. The van der Waals surface area contributed by atoms with Crippen LogP contribution in [-0.4, -0.2) is 38.7 Å². The molecule has 2 aliphatic carbocycles. The van der Waals surface area contributed by atoms with Gasteiger partial charge in [-0.3, -0.25) is 29.5 Å². The lowest BCUT2D eigenvalue weighted by Gasteiger charge is -2.50. The van der Waals surface area contributed by atoms with Gasteiger partial charge in [-0.25, -0.2) is 4.98 Å². The van der Waals surface area contributed by atoms with E-state index in [2.05, 4.69) is 26.3 Å². The van der Waals surface area contributed by atoms with Gasteiger partial charge in [-0.2, -0.15) is 18.2 Å². The molecule has 2 aliphatic heterocycles. The van der Waals surface area contributed by atoms with Crippen LogP contribution in [0, 0.1) is 23.7 Å². The number of hydrogen-bond donors (Lipinski definition) is 2. The van der Waals surface area contributed by atoms with Gasteiger partial charge in [0.25, 0.3) is 11.8 Å². The zero-order valence-electron chi connectivity index (χ0n) is 27.2. The van der Waals surface area contributed by atoms with Crippen molar-refractivity contribution in [3.05, 3.63) is 128 Å². The first kappa shape index (κ1) is 35.3. The summed E-state index contributed by atoms with van der Waals surface area (Å²) in [5.41, 5.74) is 1.86. The van der Waals surface area contributed by atoms with Gasteiger partial charge < -0.3 is 5.11 Å². The molecular formula is C38H26BrCl2F3N4O5. The fraction of sp³-hybridized carbons (Fsp3) is 0.237. The molecule has 8 rings (SSSR count). The van der Waals surface area contributed by atoms with E-state index in [9.17, 15) is 32.7 Å². The summed E-state index contributed by atoms with van der Waals surface area (Å²) in [7, 11) is 0. The Morgan fingerprint density at radius 1 is 0.887 bits per heavy atom. The molecule has 0 bridgehead atoms. The minimum Gasteiger partial charge on any atom is -0.508 e. The molecule has 4 aromatic rings. The van der Waals surface area contributed by atoms with Gasteiger partial charge in [0.2, 0.25) is 11.8 Å². The molecule has 15 heteroatoms. The Morgan fingerprint density at radius 3 is 2.21 bits per heavy atom. The van der Waals surface area contributed by atoms with Crippen LogP contribution in [0.2, 0.25) is 10.0 Å². The summed E-state index contributed by atoms with van der Waals surface area (Å²) >= 11 is 15.9. The van der Waals surface area contributed by atoms with Gasteiger partial charge in [0.15, 0.2) is 5.82 Å². The summed E-state index contributed by atoms with van der Waals surface area (Å²) in [4.78, 5) is 63.2. The van der Waals surface area contributed by atoms with Crippen molar-refractivity contribution in [1.82, 2.24) is 9.99 Å². The van der Waals surface area contributed by atoms with Crippen LogP contribution >= 0.6 is 39.1 Å². The second kappa shape index (κ2) is 12.7. The van der Waals surface area contributed by atoms with Gasteiger partial charge in [0.05, 0.1) is 39.4 Å². The lowest BCUT2D eigenvalue weighted by molar-refractivity contribution is -0.139. The Hall–Kier alpha value is -4.72. The third kappa shape index (κ3) is 5.46. The number of halogens is 6. The van der Waals surface area contributed by atoms with Crippen LogP contribution < -0.4 is 10.3 Å². The zero-order valence-corrected chi connectivity index (χ0v) is 30.2. The fourth-order valence-corrected chi connectivity index (χ4v) is 9.27. The molecular weight excluding hydrogens is 800 g/mol. The van der Waals surface area contributed by atoms with E-state index in [4.69, 9.17) is 23.2 Å². The molecule has 1 aromatic heterocycles. The Balaban J connectivity index is 1.29. The smallest absolute Gasteiger partial charge is 0.417 e. The number of nitrogens with zero attached hydrogens (tertiary/aromatic N) is 3. The number of allylic oxidation sites excluding steroid dienone is 2. The lowest BCUT2D eigenvalue weighted by Crippen LogP contribution is -2.53. The minimum absolute atomic E-state index is 0.0195. The van der Waals surface area contributed by atoms with Crippen LogP contribution in [0.4, 0.5) is 24.7 Å². The number of aromatic nitrogens is 1. The highest BCUT2D eigenvalue weighted by Gasteiger charge is 2.70. The number of phenolic OH excluding ortho intramolecular Hbond substituents is 1.